The zero-order valence-electron chi connectivity index (χ0n) is 12.5. The minimum atomic E-state index is 0.530. The van der Waals surface area contributed by atoms with Crippen molar-refractivity contribution in [2.75, 3.05) is 18.0 Å². The second kappa shape index (κ2) is 5.91. The first-order valence-corrected chi connectivity index (χ1v) is 7.37. The van der Waals surface area contributed by atoms with Gasteiger partial charge in [0, 0.05) is 26.3 Å². The third kappa shape index (κ3) is 2.66. The van der Waals surface area contributed by atoms with Crippen molar-refractivity contribution in [2.24, 2.45) is 13.0 Å². The highest BCUT2D eigenvalue weighted by Gasteiger charge is 2.26. The molecule has 2 aromatic rings. The van der Waals surface area contributed by atoms with Crippen LogP contribution in [0.2, 0.25) is 0 Å². The average molecular weight is 291 g/mol. The molecule has 2 heterocycles. The molecule has 1 aliphatic rings. The molecule has 0 N–H and O–H groups in total. The van der Waals surface area contributed by atoms with E-state index in [2.05, 4.69) is 22.1 Å². The van der Waals surface area contributed by atoms with Crippen molar-refractivity contribution in [3.63, 3.8) is 0 Å². The lowest BCUT2D eigenvalue weighted by atomic mass is 10.0. The lowest BCUT2D eigenvalue weighted by Gasteiger charge is -2.21. The van der Waals surface area contributed by atoms with Gasteiger partial charge in [-0.15, -0.1) is 0 Å². The summed E-state index contributed by atoms with van der Waals surface area (Å²) in [7, 11) is 1.92. The van der Waals surface area contributed by atoms with E-state index in [1.165, 1.54) is 5.56 Å². The summed E-state index contributed by atoms with van der Waals surface area (Å²) in [6.07, 6.45) is 6.01. The molecule has 22 heavy (non-hydrogen) atoms. The molecule has 1 aromatic heterocycles. The third-order valence-electron chi connectivity index (χ3n) is 4.16. The van der Waals surface area contributed by atoms with E-state index >= 15 is 0 Å². The molecule has 0 aliphatic carbocycles. The minimum Gasteiger partial charge on any atom is -0.369 e. The number of nitriles is 2. The Morgan fingerprint density at radius 3 is 2.59 bits per heavy atom. The smallest absolute Gasteiger partial charge is 0.101 e. The summed E-state index contributed by atoms with van der Waals surface area (Å²) in [4.78, 5) is 2.18. The highest BCUT2D eigenvalue weighted by molar-refractivity contribution is 5.68. The van der Waals surface area contributed by atoms with Crippen molar-refractivity contribution in [1.82, 2.24) is 9.78 Å². The van der Waals surface area contributed by atoms with Crippen molar-refractivity contribution in [1.29, 1.82) is 10.5 Å². The number of benzene rings is 1. The van der Waals surface area contributed by atoms with Crippen molar-refractivity contribution >= 4 is 5.69 Å². The van der Waals surface area contributed by atoms with Gasteiger partial charge in [-0.05, 0) is 36.5 Å². The molecule has 1 unspecified atom stereocenters. The highest BCUT2D eigenvalue weighted by Crippen LogP contribution is 2.31. The molecule has 0 amide bonds. The summed E-state index contributed by atoms with van der Waals surface area (Å²) in [6.45, 7) is 1.76. The van der Waals surface area contributed by atoms with Gasteiger partial charge in [-0.1, -0.05) is 6.07 Å². The second-order valence-corrected chi connectivity index (χ2v) is 5.75. The fourth-order valence-electron chi connectivity index (χ4n) is 3.18. The van der Waals surface area contributed by atoms with Crippen molar-refractivity contribution in [3.8, 4) is 12.1 Å². The Morgan fingerprint density at radius 1 is 1.27 bits per heavy atom. The summed E-state index contributed by atoms with van der Waals surface area (Å²) in [6, 6.07) is 9.75. The Kier molecular flexibility index (Phi) is 3.80. The van der Waals surface area contributed by atoms with Gasteiger partial charge in [-0.3, -0.25) is 4.68 Å². The van der Waals surface area contributed by atoms with E-state index in [4.69, 9.17) is 0 Å². The first-order valence-electron chi connectivity index (χ1n) is 7.37. The van der Waals surface area contributed by atoms with E-state index in [0.717, 1.165) is 31.6 Å². The number of anilines is 1. The van der Waals surface area contributed by atoms with E-state index in [-0.39, 0.29) is 0 Å². The van der Waals surface area contributed by atoms with E-state index in [0.29, 0.717) is 17.0 Å². The maximum Gasteiger partial charge on any atom is 0.101 e. The molecule has 0 radical (unpaired) electrons. The molecule has 5 heteroatoms. The predicted molar refractivity (Wildman–Crippen MR) is 83.1 cm³/mol. The van der Waals surface area contributed by atoms with Crippen molar-refractivity contribution in [2.45, 2.75) is 12.8 Å². The van der Waals surface area contributed by atoms with Crippen LogP contribution in [0, 0.1) is 28.6 Å². The molecule has 1 aromatic carbocycles. The molecule has 0 saturated carbocycles. The molecule has 0 spiro atoms. The van der Waals surface area contributed by atoms with Crippen LogP contribution in [0.15, 0.2) is 30.6 Å². The Labute approximate surface area is 130 Å². The molecule has 0 bridgehead atoms. The average Bonchev–Trinajstić information content (AvgIpc) is 3.16. The van der Waals surface area contributed by atoms with E-state index in [9.17, 15) is 10.5 Å². The van der Waals surface area contributed by atoms with E-state index < -0.39 is 0 Å². The summed E-state index contributed by atoms with van der Waals surface area (Å²) < 4.78 is 1.82. The van der Waals surface area contributed by atoms with Gasteiger partial charge in [0.25, 0.3) is 0 Å². The van der Waals surface area contributed by atoms with Gasteiger partial charge in [-0.25, -0.2) is 0 Å². The van der Waals surface area contributed by atoms with Gasteiger partial charge in [0.2, 0.25) is 0 Å². The summed E-state index contributed by atoms with van der Waals surface area (Å²) in [5.74, 6) is 0.530. The number of hydrogen-bond donors (Lipinski definition) is 0. The maximum atomic E-state index is 9.31. The van der Waals surface area contributed by atoms with Crippen molar-refractivity contribution < 1.29 is 0 Å². The van der Waals surface area contributed by atoms with E-state index in [1.807, 2.05) is 24.1 Å². The zero-order valence-corrected chi connectivity index (χ0v) is 12.5. The summed E-state index contributed by atoms with van der Waals surface area (Å²) in [5.41, 5.74) is 3.20. The van der Waals surface area contributed by atoms with Crippen molar-refractivity contribution in [3.05, 3.63) is 47.3 Å². The molecule has 1 fully saturated rings. The molecular formula is C17H17N5. The number of aryl methyl sites for hydroxylation is 1. The number of nitrogens with zero attached hydrogens (tertiary/aromatic N) is 5. The number of aromatic nitrogens is 2. The Bertz CT molecular complexity index is 730. The highest BCUT2D eigenvalue weighted by atomic mass is 15.2. The lowest BCUT2D eigenvalue weighted by Crippen LogP contribution is -2.22. The molecule has 1 aliphatic heterocycles. The second-order valence-electron chi connectivity index (χ2n) is 5.75. The lowest BCUT2D eigenvalue weighted by molar-refractivity contribution is 0.586. The minimum absolute atomic E-state index is 0.530. The quantitative estimate of drug-likeness (QED) is 0.869. The maximum absolute atomic E-state index is 9.31. The molecule has 1 atom stereocenters. The largest absolute Gasteiger partial charge is 0.369 e. The van der Waals surface area contributed by atoms with Crippen LogP contribution in [0.4, 0.5) is 5.69 Å². The Hall–Kier alpha value is -2.79. The molecule has 5 nitrogen and oxygen atoms in total. The molecule has 3 rings (SSSR count). The topological polar surface area (TPSA) is 68.6 Å². The van der Waals surface area contributed by atoms with Gasteiger partial charge in [0.1, 0.15) is 12.1 Å². The van der Waals surface area contributed by atoms with E-state index in [1.54, 1.807) is 18.2 Å². The van der Waals surface area contributed by atoms with Gasteiger partial charge in [0.15, 0.2) is 0 Å². The summed E-state index contributed by atoms with van der Waals surface area (Å²) >= 11 is 0. The van der Waals surface area contributed by atoms with Crippen LogP contribution in [0.5, 0.6) is 0 Å². The zero-order chi connectivity index (χ0) is 15.5. The predicted octanol–water partition coefficient (Wildman–Crippen LogP) is 2.23. The van der Waals surface area contributed by atoms with Crippen LogP contribution < -0.4 is 4.90 Å². The van der Waals surface area contributed by atoms with Crippen LogP contribution in [0.25, 0.3) is 0 Å². The molecular weight excluding hydrogens is 274 g/mol. The molecule has 110 valence electrons. The fourth-order valence-corrected chi connectivity index (χ4v) is 3.18. The molecule has 1 saturated heterocycles. The van der Waals surface area contributed by atoms with Gasteiger partial charge >= 0.3 is 0 Å². The third-order valence-corrected chi connectivity index (χ3v) is 4.16. The van der Waals surface area contributed by atoms with Crippen LogP contribution in [0.3, 0.4) is 0 Å². The number of hydrogen-bond acceptors (Lipinski definition) is 4. The fraction of sp³-hybridized carbons (Fsp3) is 0.353. The number of para-hydroxylation sites is 1. The van der Waals surface area contributed by atoms with Gasteiger partial charge in [-0.2, -0.15) is 15.6 Å². The first kappa shape index (κ1) is 14.2. The SMILES string of the molecule is Cn1cc(CC2CCN(c3c(C#N)cccc3C#N)C2)cn1. The monoisotopic (exact) mass is 291 g/mol. The normalized spacial score (nSPS) is 17.2. The summed E-state index contributed by atoms with van der Waals surface area (Å²) in [5, 5.41) is 22.8. The van der Waals surface area contributed by atoms with Crippen LogP contribution in [-0.2, 0) is 13.5 Å². The Morgan fingerprint density at radius 2 is 2.00 bits per heavy atom. The van der Waals surface area contributed by atoms with Crippen LogP contribution in [0.1, 0.15) is 23.1 Å². The standard InChI is InChI=1S/C17H17N5/c1-21-11-14(10-20-21)7-13-5-6-22(12-13)17-15(8-18)3-2-4-16(17)9-19/h2-4,10-11,13H,5-7,12H2,1H3. The Balaban J connectivity index is 1.79. The van der Waals surface area contributed by atoms with Gasteiger partial charge in [0.05, 0.1) is 23.0 Å². The first-order chi connectivity index (χ1) is 10.7. The van der Waals surface area contributed by atoms with Crippen LogP contribution >= 0.6 is 0 Å². The van der Waals surface area contributed by atoms with Crippen LogP contribution in [-0.4, -0.2) is 22.9 Å². The number of rotatable bonds is 3. The van der Waals surface area contributed by atoms with Gasteiger partial charge < -0.3 is 4.90 Å².